The fraction of sp³-hybridized carbons (Fsp3) is 0.600. The van der Waals surface area contributed by atoms with E-state index in [-0.39, 0.29) is 5.54 Å². The van der Waals surface area contributed by atoms with Gasteiger partial charge in [0.25, 0.3) is 0 Å². The summed E-state index contributed by atoms with van der Waals surface area (Å²) < 4.78 is 0. The van der Waals surface area contributed by atoms with Crippen molar-refractivity contribution in [1.82, 2.24) is 10.6 Å². The summed E-state index contributed by atoms with van der Waals surface area (Å²) >= 11 is 0. The van der Waals surface area contributed by atoms with Gasteiger partial charge in [0.1, 0.15) is 0 Å². The molecular weight excluding hydrogens is 208 g/mol. The minimum absolute atomic E-state index is 0.125. The van der Waals surface area contributed by atoms with Gasteiger partial charge < -0.3 is 10.6 Å². The first kappa shape index (κ1) is 14.2. The van der Waals surface area contributed by atoms with Crippen LogP contribution in [-0.2, 0) is 6.54 Å². The third-order valence-electron chi connectivity index (χ3n) is 3.33. The van der Waals surface area contributed by atoms with E-state index in [4.69, 9.17) is 0 Å². The van der Waals surface area contributed by atoms with Gasteiger partial charge in [0, 0.05) is 18.6 Å². The largest absolute Gasteiger partial charge is 0.318 e. The Morgan fingerprint density at radius 3 is 2.18 bits per heavy atom. The Kier molecular flexibility index (Phi) is 4.72. The van der Waals surface area contributed by atoms with E-state index in [1.54, 1.807) is 0 Å². The Bertz CT molecular complexity index is 381. The van der Waals surface area contributed by atoms with E-state index in [1.807, 2.05) is 7.05 Å². The minimum Gasteiger partial charge on any atom is -0.318 e. The van der Waals surface area contributed by atoms with Gasteiger partial charge in [-0.25, -0.2) is 0 Å². The molecule has 0 aliphatic rings. The molecule has 0 atom stereocenters. The number of likely N-dealkylation sites (N-methyl/N-ethyl adjacent to an activating group) is 1. The molecule has 0 amide bonds. The summed E-state index contributed by atoms with van der Waals surface area (Å²) in [6.45, 7) is 12.9. The van der Waals surface area contributed by atoms with E-state index >= 15 is 0 Å². The normalized spacial score (nSPS) is 11.9. The van der Waals surface area contributed by atoms with Crippen molar-refractivity contribution in [3.8, 4) is 0 Å². The van der Waals surface area contributed by atoms with Crippen LogP contribution in [0.4, 0.5) is 0 Å². The Hall–Kier alpha value is -0.860. The fourth-order valence-corrected chi connectivity index (χ4v) is 2.05. The third kappa shape index (κ3) is 4.14. The molecule has 1 aromatic rings. The zero-order valence-corrected chi connectivity index (χ0v) is 12.1. The maximum absolute atomic E-state index is 3.60. The van der Waals surface area contributed by atoms with Crippen LogP contribution in [-0.4, -0.2) is 19.1 Å². The van der Waals surface area contributed by atoms with Gasteiger partial charge in [0.2, 0.25) is 0 Å². The summed E-state index contributed by atoms with van der Waals surface area (Å²) in [6.07, 6.45) is 0. The van der Waals surface area contributed by atoms with Gasteiger partial charge in [-0.3, -0.25) is 0 Å². The molecular formula is C15H26N2. The molecule has 0 unspecified atom stereocenters. The van der Waals surface area contributed by atoms with Crippen LogP contribution in [0.25, 0.3) is 0 Å². The van der Waals surface area contributed by atoms with Crippen LogP contribution in [0, 0.1) is 20.8 Å². The minimum atomic E-state index is 0.125. The zero-order chi connectivity index (χ0) is 13.1. The molecule has 0 fully saturated rings. The smallest absolute Gasteiger partial charge is 0.0252 e. The van der Waals surface area contributed by atoms with Crippen LogP contribution in [0.1, 0.15) is 36.1 Å². The summed E-state index contributed by atoms with van der Waals surface area (Å²) in [5.74, 6) is 0. The van der Waals surface area contributed by atoms with Gasteiger partial charge in [-0.05, 0) is 63.9 Å². The van der Waals surface area contributed by atoms with Crippen LogP contribution in [0.3, 0.4) is 0 Å². The number of nitrogens with one attached hydrogen (secondary N) is 2. The lowest BCUT2D eigenvalue weighted by Gasteiger charge is -2.26. The summed E-state index contributed by atoms with van der Waals surface area (Å²) in [7, 11) is 1.99. The van der Waals surface area contributed by atoms with Gasteiger partial charge in [-0.15, -0.1) is 0 Å². The maximum atomic E-state index is 3.60. The topological polar surface area (TPSA) is 24.1 Å². The number of hydrogen-bond donors (Lipinski definition) is 2. The molecule has 0 spiro atoms. The molecule has 1 rings (SSSR count). The van der Waals surface area contributed by atoms with Gasteiger partial charge in [0.05, 0.1) is 0 Å². The van der Waals surface area contributed by atoms with Gasteiger partial charge in [0.15, 0.2) is 0 Å². The highest BCUT2D eigenvalue weighted by atomic mass is 15.0. The standard InChI is InChI=1S/C15H26N2/c1-11-7-13(3)14(8-12(11)2)9-17-15(4,5)10-16-6/h7-8,16-17H,9-10H2,1-6H3. The number of rotatable bonds is 5. The first-order valence-electron chi connectivity index (χ1n) is 6.32. The van der Waals surface area contributed by atoms with Crippen LogP contribution in [0.5, 0.6) is 0 Å². The molecule has 0 heterocycles. The lowest BCUT2D eigenvalue weighted by atomic mass is 9.99. The molecule has 0 saturated heterocycles. The van der Waals surface area contributed by atoms with E-state index in [1.165, 1.54) is 22.3 Å². The highest BCUT2D eigenvalue weighted by Crippen LogP contribution is 2.16. The summed E-state index contributed by atoms with van der Waals surface area (Å²) in [6, 6.07) is 4.57. The van der Waals surface area contributed by atoms with Crippen molar-refractivity contribution < 1.29 is 0 Å². The van der Waals surface area contributed by atoms with E-state index in [0.717, 1.165) is 13.1 Å². The van der Waals surface area contributed by atoms with Gasteiger partial charge >= 0.3 is 0 Å². The highest BCUT2D eigenvalue weighted by Gasteiger charge is 2.15. The molecule has 0 aliphatic carbocycles. The molecule has 2 nitrogen and oxygen atoms in total. The number of aryl methyl sites for hydroxylation is 3. The van der Waals surface area contributed by atoms with E-state index in [0.29, 0.717) is 0 Å². The average Bonchev–Trinajstić information content (AvgIpc) is 2.21. The third-order valence-corrected chi connectivity index (χ3v) is 3.33. The molecule has 2 heteroatoms. The first-order chi connectivity index (χ1) is 7.85. The molecule has 2 N–H and O–H groups in total. The lowest BCUT2D eigenvalue weighted by Crippen LogP contribution is -2.46. The molecule has 17 heavy (non-hydrogen) atoms. The predicted octanol–water partition coefficient (Wildman–Crippen LogP) is 2.70. The first-order valence-corrected chi connectivity index (χ1v) is 6.32. The second kappa shape index (κ2) is 5.65. The average molecular weight is 234 g/mol. The number of hydrogen-bond acceptors (Lipinski definition) is 2. The quantitative estimate of drug-likeness (QED) is 0.818. The summed E-state index contributed by atoms with van der Waals surface area (Å²) in [5, 5.41) is 6.82. The molecule has 0 bridgehead atoms. The molecule has 0 aliphatic heterocycles. The second-order valence-corrected chi connectivity index (χ2v) is 5.63. The SMILES string of the molecule is CNCC(C)(C)NCc1cc(C)c(C)cc1C. The van der Waals surface area contributed by atoms with Crippen LogP contribution < -0.4 is 10.6 Å². The second-order valence-electron chi connectivity index (χ2n) is 5.63. The Morgan fingerprint density at radius 1 is 1.00 bits per heavy atom. The van der Waals surface area contributed by atoms with Crippen molar-refractivity contribution in [3.63, 3.8) is 0 Å². The molecule has 96 valence electrons. The van der Waals surface area contributed by atoms with Crippen LogP contribution >= 0.6 is 0 Å². The van der Waals surface area contributed by atoms with Crippen molar-refractivity contribution in [2.24, 2.45) is 0 Å². The predicted molar refractivity (Wildman–Crippen MR) is 75.5 cm³/mol. The number of benzene rings is 1. The Labute approximate surface area is 106 Å². The highest BCUT2D eigenvalue weighted by molar-refractivity contribution is 5.36. The van der Waals surface area contributed by atoms with Crippen molar-refractivity contribution in [2.45, 2.75) is 46.7 Å². The van der Waals surface area contributed by atoms with Gasteiger partial charge in [-0.2, -0.15) is 0 Å². The molecule has 0 radical (unpaired) electrons. The van der Waals surface area contributed by atoms with E-state index in [9.17, 15) is 0 Å². The summed E-state index contributed by atoms with van der Waals surface area (Å²) in [5.41, 5.74) is 5.65. The van der Waals surface area contributed by atoms with Crippen molar-refractivity contribution >= 4 is 0 Å². The molecule has 0 saturated carbocycles. The van der Waals surface area contributed by atoms with Crippen LogP contribution in [0.15, 0.2) is 12.1 Å². The fourth-order valence-electron chi connectivity index (χ4n) is 2.05. The van der Waals surface area contributed by atoms with Crippen molar-refractivity contribution in [2.75, 3.05) is 13.6 Å². The zero-order valence-electron chi connectivity index (χ0n) is 12.1. The van der Waals surface area contributed by atoms with Crippen LogP contribution in [0.2, 0.25) is 0 Å². The summed E-state index contributed by atoms with van der Waals surface area (Å²) in [4.78, 5) is 0. The lowest BCUT2D eigenvalue weighted by molar-refractivity contribution is 0.373. The van der Waals surface area contributed by atoms with E-state index in [2.05, 4.69) is 57.4 Å². The Morgan fingerprint density at radius 2 is 1.59 bits per heavy atom. The molecule has 1 aromatic carbocycles. The van der Waals surface area contributed by atoms with Gasteiger partial charge in [-0.1, -0.05) is 12.1 Å². The Balaban J connectivity index is 2.73. The maximum Gasteiger partial charge on any atom is 0.0252 e. The van der Waals surface area contributed by atoms with Crippen molar-refractivity contribution in [1.29, 1.82) is 0 Å². The molecule has 0 aromatic heterocycles. The van der Waals surface area contributed by atoms with E-state index < -0.39 is 0 Å². The monoisotopic (exact) mass is 234 g/mol. The van der Waals surface area contributed by atoms with Crippen molar-refractivity contribution in [3.05, 3.63) is 34.4 Å².